The quantitative estimate of drug-likeness (QED) is 0.711. The highest BCUT2D eigenvalue weighted by molar-refractivity contribution is 5.91. The van der Waals surface area contributed by atoms with Gasteiger partial charge < -0.3 is 9.84 Å². The fourth-order valence-electron chi connectivity index (χ4n) is 3.55. The number of nitrogens with one attached hydrogen (secondary N) is 1. The summed E-state index contributed by atoms with van der Waals surface area (Å²) in [5.74, 6) is 0.281. The van der Waals surface area contributed by atoms with Crippen molar-refractivity contribution in [2.75, 3.05) is 13.1 Å². The van der Waals surface area contributed by atoms with Crippen LogP contribution in [0.1, 0.15) is 46.1 Å². The van der Waals surface area contributed by atoms with Crippen LogP contribution in [0.3, 0.4) is 0 Å². The second-order valence-electron chi connectivity index (χ2n) is 7.09. The molecule has 1 atom stereocenters. The minimum atomic E-state index is -0.251. The molecule has 3 aromatic rings. The van der Waals surface area contributed by atoms with E-state index < -0.39 is 0 Å². The molecule has 0 aliphatic carbocycles. The number of piperidine rings is 1. The lowest BCUT2D eigenvalue weighted by molar-refractivity contribution is 0.0913. The number of carbonyl (C=O) groups excluding carboxylic acids is 1. The minimum absolute atomic E-state index is 0.251. The lowest BCUT2D eigenvalue weighted by atomic mass is 9.94. The summed E-state index contributed by atoms with van der Waals surface area (Å²) in [7, 11) is 0. The fraction of sp³-hybridized carbons (Fsp3) is 0.333. The highest BCUT2D eigenvalue weighted by Crippen LogP contribution is 2.27. The summed E-state index contributed by atoms with van der Waals surface area (Å²) in [6.45, 7) is 3.27. The number of hydrogen-bond acceptors (Lipinski definition) is 6. The summed E-state index contributed by atoms with van der Waals surface area (Å²) in [6.07, 6.45) is 9.25. The number of likely N-dealkylation sites (tertiary alicyclic amines) is 1. The standard InChI is InChI=1S/C21H23N5O2/c27-21(24-13-16-5-8-22-9-6-16)20-11-19(25-28-20)18-4-2-10-26(15-18)14-17-3-1-7-23-12-17/h1,3,5-9,11-12,18H,2,4,10,13-15H2,(H,24,27). The first-order chi connectivity index (χ1) is 13.8. The van der Waals surface area contributed by atoms with E-state index in [1.165, 1.54) is 5.56 Å². The summed E-state index contributed by atoms with van der Waals surface area (Å²) < 4.78 is 5.32. The van der Waals surface area contributed by atoms with Crippen LogP contribution in [0.25, 0.3) is 0 Å². The second-order valence-corrected chi connectivity index (χ2v) is 7.09. The third kappa shape index (κ3) is 4.61. The molecule has 7 nitrogen and oxygen atoms in total. The van der Waals surface area contributed by atoms with Crippen molar-refractivity contribution < 1.29 is 9.32 Å². The molecule has 1 saturated heterocycles. The average Bonchev–Trinajstić information content (AvgIpc) is 3.24. The molecule has 28 heavy (non-hydrogen) atoms. The van der Waals surface area contributed by atoms with E-state index in [9.17, 15) is 4.79 Å². The van der Waals surface area contributed by atoms with Crippen molar-refractivity contribution >= 4 is 5.91 Å². The van der Waals surface area contributed by atoms with Gasteiger partial charge in [0.15, 0.2) is 0 Å². The van der Waals surface area contributed by atoms with E-state index in [-0.39, 0.29) is 17.6 Å². The number of pyridine rings is 2. The van der Waals surface area contributed by atoms with Crippen LogP contribution in [-0.4, -0.2) is 39.0 Å². The molecule has 1 fully saturated rings. The van der Waals surface area contributed by atoms with Crippen LogP contribution in [0.15, 0.2) is 59.6 Å². The van der Waals surface area contributed by atoms with Gasteiger partial charge in [0.2, 0.25) is 5.76 Å². The SMILES string of the molecule is O=C(NCc1ccncc1)c1cc(C2CCCN(Cc3cccnc3)C2)no1. The third-order valence-corrected chi connectivity index (χ3v) is 5.01. The molecule has 0 spiro atoms. The summed E-state index contributed by atoms with van der Waals surface area (Å²) in [5.41, 5.74) is 3.05. The molecular formula is C21H23N5O2. The normalized spacial score (nSPS) is 17.4. The van der Waals surface area contributed by atoms with Crippen LogP contribution >= 0.6 is 0 Å². The summed E-state index contributed by atoms with van der Waals surface area (Å²) in [5, 5.41) is 7.03. The maximum absolute atomic E-state index is 12.3. The fourth-order valence-corrected chi connectivity index (χ4v) is 3.55. The van der Waals surface area contributed by atoms with Gasteiger partial charge in [0, 0.05) is 56.4 Å². The molecule has 1 aliphatic heterocycles. The lowest BCUT2D eigenvalue weighted by Gasteiger charge is -2.31. The van der Waals surface area contributed by atoms with Gasteiger partial charge in [-0.3, -0.25) is 19.7 Å². The summed E-state index contributed by atoms with van der Waals surface area (Å²) in [4.78, 5) is 22.9. The van der Waals surface area contributed by atoms with Crippen LogP contribution in [0, 0.1) is 0 Å². The van der Waals surface area contributed by atoms with Crippen molar-refractivity contribution in [3.05, 3.63) is 77.7 Å². The largest absolute Gasteiger partial charge is 0.351 e. The molecule has 4 heterocycles. The number of amides is 1. The van der Waals surface area contributed by atoms with E-state index in [0.29, 0.717) is 6.54 Å². The van der Waals surface area contributed by atoms with Gasteiger partial charge >= 0.3 is 0 Å². The van der Waals surface area contributed by atoms with E-state index >= 15 is 0 Å². The van der Waals surface area contributed by atoms with Gasteiger partial charge in [-0.05, 0) is 48.7 Å². The third-order valence-electron chi connectivity index (χ3n) is 5.01. The maximum atomic E-state index is 12.3. The Morgan fingerprint density at radius 3 is 2.89 bits per heavy atom. The monoisotopic (exact) mass is 377 g/mol. The van der Waals surface area contributed by atoms with Crippen molar-refractivity contribution in [3.63, 3.8) is 0 Å². The molecular weight excluding hydrogens is 354 g/mol. The van der Waals surface area contributed by atoms with Crippen LogP contribution in [-0.2, 0) is 13.1 Å². The van der Waals surface area contributed by atoms with E-state index in [1.807, 2.05) is 24.4 Å². The molecule has 0 bridgehead atoms. The van der Waals surface area contributed by atoms with Gasteiger partial charge in [-0.25, -0.2) is 0 Å². The minimum Gasteiger partial charge on any atom is -0.351 e. The Bertz CT molecular complexity index is 897. The first kappa shape index (κ1) is 18.3. The zero-order valence-electron chi connectivity index (χ0n) is 15.6. The van der Waals surface area contributed by atoms with Crippen molar-refractivity contribution in [3.8, 4) is 0 Å². The first-order valence-corrected chi connectivity index (χ1v) is 9.53. The van der Waals surface area contributed by atoms with E-state index in [1.54, 1.807) is 24.7 Å². The highest BCUT2D eigenvalue weighted by atomic mass is 16.5. The highest BCUT2D eigenvalue weighted by Gasteiger charge is 2.25. The van der Waals surface area contributed by atoms with Gasteiger partial charge in [0.05, 0.1) is 5.69 Å². The predicted molar refractivity (Wildman–Crippen MR) is 103 cm³/mol. The summed E-state index contributed by atoms with van der Waals surface area (Å²) in [6, 6.07) is 9.57. The molecule has 0 aromatic carbocycles. The Labute approximate surface area is 163 Å². The molecule has 3 aromatic heterocycles. The molecule has 0 saturated carbocycles. The van der Waals surface area contributed by atoms with Crippen LogP contribution in [0.4, 0.5) is 0 Å². The molecule has 1 amide bonds. The Morgan fingerprint density at radius 1 is 1.18 bits per heavy atom. The number of rotatable bonds is 6. The average molecular weight is 377 g/mol. The molecule has 1 N–H and O–H groups in total. The van der Waals surface area contributed by atoms with Gasteiger partial charge in [-0.15, -0.1) is 0 Å². The van der Waals surface area contributed by atoms with Crippen LogP contribution in [0.5, 0.6) is 0 Å². The second kappa shape index (κ2) is 8.75. The molecule has 1 aliphatic rings. The van der Waals surface area contributed by atoms with Gasteiger partial charge in [0.25, 0.3) is 5.91 Å². The van der Waals surface area contributed by atoms with Crippen molar-refractivity contribution in [2.45, 2.75) is 31.8 Å². The van der Waals surface area contributed by atoms with E-state index in [4.69, 9.17) is 4.52 Å². The lowest BCUT2D eigenvalue weighted by Crippen LogP contribution is -2.34. The number of aromatic nitrogens is 3. The van der Waals surface area contributed by atoms with Gasteiger partial charge in [-0.2, -0.15) is 0 Å². The summed E-state index contributed by atoms with van der Waals surface area (Å²) >= 11 is 0. The van der Waals surface area contributed by atoms with E-state index in [0.717, 1.165) is 43.7 Å². The van der Waals surface area contributed by atoms with Crippen molar-refractivity contribution in [1.29, 1.82) is 0 Å². The molecule has 0 radical (unpaired) electrons. The smallest absolute Gasteiger partial charge is 0.290 e. The molecule has 4 rings (SSSR count). The zero-order valence-corrected chi connectivity index (χ0v) is 15.6. The molecule has 7 heteroatoms. The topological polar surface area (TPSA) is 84.2 Å². The first-order valence-electron chi connectivity index (χ1n) is 9.53. The van der Waals surface area contributed by atoms with Crippen LogP contribution in [0.2, 0.25) is 0 Å². The number of hydrogen-bond donors (Lipinski definition) is 1. The van der Waals surface area contributed by atoms with Crippen molar-refractivity contribution in [2.24, 2.45) is 0 Å². The Morgan fingerprint density at radius 2 is 2.07 bits per heavy atom. The Hall–Kier alpha value is -3.06. The number of nitrogens with zero attached hydrogens (tertiary/aromatic N) is 4. The number of carbonyl (C=O) groups is 1. The van der Waals surface area contributed by atoms with Crippen molar-refractivity contribution in [1.82, 2.24) is 25.3 Å². The van der Waals surface area contributed by atoms with Gasteiger partial charge in [0.1, 0.15) is 0 Å². The predicted octanol–water partition coefficient (Wildman–Crippen LogP) is 2.77. The van der Waals surface area contributed by atoms with Crippen LogP contribution < -0.4 is 5.32 Å². The van der Waals surface area contributed by atoms with Gasteiger partial charge in [-0.1, -0.05) is 11.2 Å². The molecule has 144 valence electrons. The van der Waals surface area contributed by atoms with E-state index in [2.05, 4.69) is 31.4 Å². The Kier molecular flexibility index (Phi) is 5.72. The maximum Gasteiger partial charge on any atom is 0.290 e. The molecule has 1 unspecified atom stereocenters. The Balaban J connectivity index is 1.34. The zero-order chi connectivity index (χ0) is 19.2.